The van der Waals surface area contributed by atoms with Crippen LogP contribution in [0, 0.1) is 0 Å². The first kappa shape index (κ1) is 17.0. The van der Waals surface area contributed by atoms with Gasteiger partial charge < -0.3 is 10.2 Å². The number of β-amino-alcohol motifs (C(OH)–C–C–N with tert-alkyl or cyclic N) is 1. The van der Waals surface area contributed by atoms with Crippen molar-refractivity contribution in [3.63, 3.8) is 0 Å². The lowest BCUT2D eigenvalue weighted by Crippen LogP contribution is -2.40. The highest BCUT2D eigenvalue weighted by atomic mass is 79.9. The normalized spacial score (nSPS) is 23.4. The highest BCUT2D eigenvalue weighted by molar-refractivity contribution is 9.10. The Morgan fingerprint density at radius 1 is 1.33 bits per heavy atom. The summed E-state index contributed by atoms with van der Waals surface area (Å²) in [7, 11) is -4.24. The fourth-order valence-electron chi connectivity index (χ4n) is 2.17. The molecule has 6 nitrogen and oxygen atoms in total. The molecule has 1 aliphatic heterocycles. The van der Waals surface area contributed by atoms with Crippen LogP contribution in [-0.2, 0) is 14.8 Å². The molecular formula is C11H10BrCl2NO5S. The van der Waals surface area contributed by atoms with E-state index in [1.54, 1.807) is 0 Å². The zero-order chi connectivity index (χ0) is 15.9. The maximum absolute atomic E-state index is 12.6. The van der Waals surface area contributed by atoms with Gasteiger partial charge in [-0.05, 0) is 12.1 Å². The molecular weight excluding hydrogens is 409 g/mol. The summed E-state index contributed by atoms with van der Waals surface area (Å²) in [5.41, 5.74) is 0. The van der Waals surface area contributed by atoms with E-state index in [2.05, 4.69) is 15.9 Å². The van der Waals surface area contributed by atoms with E-state index in [9.17, 15) is 18.3 Å². The maximum Gasteiger partial charge on any atom is 0.322 e. The number of rotatable bonds is 3. The summed E-state index contributed by atoms with van der Waals surface area (Å²) in [4.78, 5) is 10.8. The van der Waals surface area contributed by atoms with E-state index in [4.69, 9.17) is 28.3 Å². The number of nitrogens with zero attached hydrogens (tertiary/aromatic N) is 1. The second kappa shape index (κ2) is 6.02. The summed E-state index contributed by atoms with van der Waals surface area (Å²) in [5.74, 6) is -1.33. The van der Waals surface area contributed by atoms with Gasteiger partial charge in [0.05, 0.1) is 16.1 Å². The van der Waals surface area contributed by atoms with Crippen LogP contribution >= 0.6 is 39.1 Å². The van der Waals surface area contributed by atoms with Crippen molar-refractivity contribution in [2.75, 3.05) is 6.54 Å². The van der Waals surface area contributed by atoms with Gasteiger partial charge in [-0.25, -0.2) is 8.42 Å². The van der Waals surface area contributed by atoms with Crippen molar-refractivity contribution in [1.82, 2.24) is 4.31 Å². The molecule has 1 fully saturated rings. The Balaban J connectivity index is 2.55. The Hall–Kier alpha value is -0.380. The van der Waals surface area contributed by atoms with Gasteiger partial charge in [0.1, 0.15) is 10.9 Å². The molecule has 1 aromatic rings. The van der Waals surface area contributed by atoms with E-state index >= 15 is 0 Å². The van der Waals surface area contributed by atoms with Crippen molar-refractivity contribution < 1.29 is 23.4 Å². The van der Waals surface area contributed by atoms with Crippen molar-refractivity contribution >= 4 is 55.1 Å². The highest BCUT2D eigenvalue weighted by Crippen LogP contribution is 2.37. The molecule has 0 aromatic heterocycles. The average Bonchev–Trinajstić information content (AvgIpc) is 2.70. The van der Waals surface area contributed by atoms with Gasteiger partial charge in [0.25, 0.3) is 0 Å². The van der Waals surface area contributed by atoms with Gasteiger partial charge >= 0.3 is 5.97 Å². The van der Waals surface area contributed by atoms with Crippen LogP contribution in [-0.4, -0.2) is 47.6 Å². The molecule has 0 unspecified atom stereocenters. The van der Waals surface area contributed by atoms with E-state index in [1.807, 2.05) is 0 Å². The Bertz CT molecular complexity index is 673. The number of halogens is 3. The Kier molecular flexibility index (Phi) is 4.87. The van der Waals surface area contributed by atoms with Crippen molar-refractivity contribution in [3.05, 3.63) is 26.7 Å². The van der Waals surface area contributed by atoms with Crippen LogP contribution in [0.5, 0.6) is 0 Å². The van der Waals surface area contributed by atoms with Crippen LogP contribution in [0.3, 0.4) is 0 Å². The second-order valence-electron chi connectivity index (χ2n) is 4.52. The van der Waals surface area contributed by atoms with Crippen molar-refractivity contribution in [2.45, 2.75) is 23.5 Å². The van der Waals surface area contributed by atoms with E-state index in [0.29, 0.717) is 8.78 Å². The molecule has 0 saturated carbocycles. The molecule has 116 valence electrons. The van der Waals surface area contributed by atoms with Crippen molar-refractivity contribution in [1.29, 1.82) is 0 Å². The molecule has 21 heavy (non-hydrogen) atoms. The molecule has 2 rings (SSSR count). The van der Waals surface area contributed by atoms with Crippen LogP contribution in [0.2, 0.25) is 10.0 Å². The molecule has 1 aliphatic rings. The van der Waals surface area contributed by atoms with E-state index < -0.39 is 28.1 Å². The smallest absolute Gasteiger partial charge is 0.322 e. The lowest BCUT2D eigenvalue weighted by atomic mass is 10.2. The van der Waals surface area contributed by atoms with Gasteiger partial charge in [-0.15, -0.1) is 0 Å². The quantitative estimate of drug-likeness (QED) is 0.782. The Morgan fingerprint density at radius 2 is 1.86 bits per heavy atom. The fourth-order valence-corrected chi connectivity index (χ4v) is 5.69. The number of aliphatic carboxylic acids is 1. The van der Waals surface area contributed by atoms with Gasteiger partial charge in [0, 0.05) is 17.4 Å². The molecule has 0 bridgehead atoms. The van der Waals surface area contributed by atoms with Crippen LogP contribution in [0.25, 0.3) is 0 Å². The maximum atomic E-state index is 12.6. The summed E-state index contributed by atoms with van der Waals surface area (Å²) in [6.07, 6.45) is -1.23. The number of hydrogen-bond donors (Lipinski definition) is 2. The van der Waals surface area contributed by atoms with Crippen LogP contribution in [0.15, 0.2) is 21.5 Å². The predicted molar refractivity (Wildman–Crippen MR) is 80.1 cm³/mol. The summed E-state index contributed by atoms with van der Waals surface area (Å²) in [5, 5.41) is 18.4. The lowest BCUT2D eigenvalue weighted by Gasteiger charge is -2.22. The predicted octanol–water partition coefficient (Wildman–Crippen LogP) is 1.96. The molecule has 1 heterocycles. The number of benzene rings is 1. The van der Waals surface area contributed by atoms with E-state index in [-0.39, 0.29) is 27.9 Å². The number of carboxylic acid groups (broad SMARTS) is 1. The molecule has 2 N–H and O–H groups in total. The minimum absolute atomic E-state index is 0.125. The molecule has 1 saturated heterocycles. The molecule has 0 amide bonds. The topological polar surface area (TPSA) is 94.9 Å². The number of aliphatic hydroxyl groups is 1. The van der Waals surface area contributed by atoms with Gasteiger partial charge in [0.15, 0.2) is 0 Å². The third-order valence-electron chi connectivity index (χ3n) is 3.05. The molecule has 0 aliphatic carbocycles. The Morgan fingerprint density at radius 3 is 2.33 bits per heavy atom. The molecule has 1 aromatic carbocycles. The number of sulfonamides is 1. The van der Waals surface area contributed by atoms with Crippen molar-refractivity contribution in [2.24, 2.45) is 0 Å². The average molecular weight is 419 g/mol. The second-order valence-corrected chi connectivity index (χ2v) is 8.07. The summed E-state index contributed by atoms with van der Waals surface area (Å²) >= 11 is 15.0. The highest BCUT2D eigenvalue weighted by Gasteiger charge is 2.44. The summed E-state index contributed by atoms with van der Waals surface area (Å²) < 4.78 is 26.4. The molecule has 0 spiro atoms. The first-order valence-electron chi connectivity index (χ1n) is 5.72. The van der Waals surface area contributed by atoms with Gasteiger partial charge in [0.2, 0.25) is 10.0 Å². The molecule has 2 atom stereocenters. The monoisotopic (exact) mass is 417 g/mol. The van der Waals surface area contributed by atoms with E-state index in [1.165, 1.54) is 12.1 Å². The third-order valence-corrected chi connectivity index (χ3v) is 6.30. The number of aliphatic hydroxyl groups excluding tert-OH is 1. The number of hydrogen-bond acceptors (Lipinski definition) is 4. The largest absolute Gasteiger partial charge is 0.480 e. The van der Waals surface area contributed by atoms with Crippen LogP contribution < -0.4 is 0 Å². The number of carboxylic acids is 1. The summed E-state index contributed by atoms with van der Waals surface area (Å²) in [6.45, 7) is -0.317. The molecule has 10 heteroatoms. The van der Waals surface area contributed by atoms with Crippen LogP contribution in [0.4, 0.5) is 0 Å². The fraction of sp³-hybridized carbons (Fsp3) is 0.364. The first-order valence-corrected chi connectivity index (χ1v) is 8.70. The minimum Gasteiger partial charge on any atom is -0.480 e. The Labute approximate surface area is 139 Å². The van der Waals surface area contributed by atoms with Gasteiger partial charge in [-0.3, -0.25) is 4.79 Å². The van der Waals surface area contributed by atoms with Crippen LogP contribution in [0.1, 0.15) is 6.42 Å². The zero-order valence-electron chi connectivity index (χ0n) is 10.3. The minimum atomic E-state index is -4.24. The van der Waals surface area contributed by atoms with E-state index in [0.717, 1.165) is 0 Å². The SMILES string of the molecule is O=C(O)[C@H]1C[C@@H](O)CN1S(=O)(=O)c1c(Cl)cc(Br)cc1Cl. The standard InChI is InChI=1S/C11H10BrCl2NO5S/c12-5-1-7(13)10(8(14)2-5)21(19,20)15-4-6(16)3-9(15)11(17)18/h1-2,6,9,16H,3-4H2,(H,17,18)/t6-,9-/m1/s1. The third kappa shape index (κ3) is 3.20. The summed E-state index contributed by atoms with van der Waals surface area (Å²) in [6, 6.07) is 1.35. The van der Waals surface area contributed by atoms with Crippen molar-refractivity contribution in [3.8, 4) is 0 Å². The molecule has 0 radical (unpaired) electrons. The lowest BCUT2D eigenvalue weighted by molar-refractivity contribution is -0.140. The zero-order valence-corrected chi connectivity index (χ0v) is 14.2. The number of carbonyl (C=O) groups is 1. The first-order chi connectivity index (χ1) is 9.64. The van der Waals surface area contributed by atoms with Gasteiger partial charge in [-0.2, -0.15) is 4.31 Å². The van der Waals surface area contributed by atoms with Gasteiger partial charge in [-0.1, -0.05) is 39.1 Å².